The molecule has 0 aliphatic carbocycles. The molecule has 0 rings (SSSR count). The fourth-order valence-electron chi connectivity index (χ4n) is 1.23. The van der Waals surface area contributed by atoms with Crippen molar-refractivity contribution in [3.05, 3.63) is 0 Å². The van der Waals surface area contributed by atoms with Crippen molar-refractivity contribution < 1.29 is 0 Å². The first kappa shape index (κ1) is 11.6. The van der Waals surface area contributed by atoms with E-state index >= 15 is 0 Å². The highest BCUT2D eigenvalue weighted by atomic mass is 14.0. The van der Waals surface area contributed by atoms with E-state index in [2.05, 4.69) is 32.6 Å². The van der Waals surface area contributed by atoms with Crippen LogP contribution in [0.3, 0.4) is 0 Å². The van der Waals surface area contributed by atoms with Crippen LogP contribution in [-0.2, 0) is 0 Å². The average molecular weight is 166 g/mol. The number of hydrogen-bond donors (Lipinski definition) is 0. The van der Waals surface area contributed by atoms with Crippen molar-refractivity contribution in [3.63, 3.8) is 0 Å². The smallest absolute Gasteiger partial charge is 0.0174 e. The van der Waals surface area contributed by atoms with E-state index in [9.17, 15) is 0 Å². The van der Waals surface area contributed by atoms with Gasteiger partial charge in [0.2, 0.25) is 0 Å². The monoisotopic (exact) mass is 166 g/mol. The number of unbranched alkanes of at least 4 members (excludes halogenated alkanes) is 3. The molecule has 12 heavy (non-hydrogen) atoms. The molecule has 0 nitrogen and oxygen atoms in total. The molecule has 0 aliphatic rings. The fourth-order valence-corrected chi connectivity index (χ4v) is 1.23. The molecule has 0 N–H and O–H groups in total. The number of hydrogen-bond acceptors (Lipinski definition) is 0. The molecular weight excluding hydrogens is 144 g/mol. The second kappa shape index (κ2) is 8.65. The maximum absolute atomic E-state index is 3.26. The van der Waals surface area contributed by atoms with Gasteiger partial charge in [-0.25, -0.2) is 0 Å². The lowest BCUT2D eigenvalue weighted by atomic mass is 10.0. The van der Waals surface area contributed by atoms with Crippen molar-refractivity contribution in [1.29, 1.82) is 0 Å². The summed E-state index contributed by atoms with van der Waals surface area (Å²) in [6, 6.07) is 0. The van der Waals surface area contributed by atoms with Gasteiger partial charge in [0.1, 0.15) is 0 Å². The molecule has 70 valence electrons. The van der Waals surface area contributed by atoms with E-state index < -0.39 is 0 Å². The van der Waals surface area contributed by atoms with Gasteiger partial charge in [0.15, 0.2) is 0 Å². The van der Waals surface area contributed by atoms with Crippen LogP contribution in [0, 0.1) is 17.8 Å². The summed E-state index contributed by atoms with van der Waals surface area (Å²) in [5.74, 6) is 7.01. The molecule has 0 aromatic carbocycles. The summed E-state index contributed by atoms with van der Waals surface area (Å²) in [4.78, 5) is 0. The van der Waals surface area contributed by atoms with Crippen molar-refractivity contribution in [2.75, 3.05) is 0 Å². The van der Waals surface area contributed by atoms with Crippen LogP contribution in [0.15, 0.2) is 0 Å². The largest absolute Gasteiger partial charge is 0.103 e. The Balaban J connectivity index is 3.25. The van der Waals surface area contributed by atoms with Gasteiger partial charge in [0.05, 0.1) is 0 Å². The van der Waals surface area contributed by atoms with Crippen LogP contribution in [0.2, 0.25) is 0 Å². The quantitative estimate of drug-likeness (QED) is 0.427. The molecule has 0 saturated heterocycles. The normalized spacial score (nSPS) is 11.9. The summed E-state index contributed by atoms with van der Waals surface area (Å²) < 4.78 is 0. The lowest BCUT2D eigenvalue weighted by molar-refractivity contribution is 0.571. The minimum atomic E-state index is 0.613. The van der Waals surface area contributed by atoms with Crippen LogP contribution in [0.4, 0.5) is 0 Å². The Hall–Kier alpha value is -0.440. The van der Waals surface area contributed by atoms with Crippen molar-refractivity contribution in [2.24, 2.45) is 5.92 Å². The van der Waals surface area contributed by atoms with E-state index in [0.29, 0.717) is 5.92 Å². The highest BCUT2D eigenvalue weighted by molar-refractivity contribution is 5.01. The second-order valence-electron chi connectivity index (χ2n) is 3.43. The minimum absolute atomic E-state index is 0.613. The van der Waals surface area contributed by atoms with Gasteiger partial charge < -0.3 is 0 Å². The van der Waals surface area contributed by atoms with Crippen LogP contribution in [-0.4, -0.2) is 0 Å². The zero-order chi connectivity index (χ0) is 9.23. The predicted octanol–water partition coefficient (Wildman–Crippen LogP) is 4.01. The van der Waals surface area contributed by atoms with Gasteiger partial charge in [-0.3, -0.25) is 0 Å². The third kappa shape index (κ3) is 7.66. The van der Waals surface area contributed by atoms with E-state index in [1.54, 1.807) is 0 Å². The summed E-state index contributed by atoms with van der Waals surface area (Å²) in [6.45, 7) is 6.59. The lowest BCUT2D eigenvalue weighted by Gasteiger charge is -2.02. The average Bonchev–Trinajstić information content (AvgIpc) is 2.09. The Morgan fingerprint density at radius 1 is 1.08 bits per heavy atom. The first-order chi connectivity index (χ1) is 5.81. The first-order valence-electron chi connectivity index (χ1n) is 5.29. The van der Waals surface area contributed by atoms with Gasteiger partial charge >= 0.3 is 0 Å². The Kier molecular flexibility index (Phi) is 8.34. The third-order valence-corrected chi connectivity index (χ3v) is 2.02. The molecule has 0 spiro atoms. The van der Waals surface area contributed by atoms with Gasteiger partial charge in [-0.15, -0.1) is 11.8 Å². The van der Waals surface area contributed by atoms with Gasteiger partial charge in [0, 0.05) is 12.3 Å². The van der Waals surface area contributed by atoms with Crippen molar-refractivity contribution >= 4 is 0 Å². The van der Waals surface area contributed by atoms with Crippen molar-refractivity contribution in [3.8, 4) is 11.8 Å². The van der Waals surface area contributed by atoms with E-state index in [-0.39, 0.29) is 0 Å². The standard InChI is InChI=1S/C12H22/c1-4-6-8-9-11-12(3)10-7-5-2/h12H,4-6,8-9,11H2,1-3H3. The van der Waals surface area contributed by atoms with Crippen LogP contribution in [0.5, 0.6) is 0 Å². The van der Waals surface area contributed by atoms with E-state index in [1.165, 1.54) is 32.1 Å². The predicted molar refractivity (Wildman–Crippen MR) is 56.0 cm³/mol. The van der Waals surface area contributed by atoms with E-state index in [4.69, 9.17) is 0 Å². The van der Waals surface area contributed by atoms with E-state index in [0.717, 1.165) is 6.42 Å². The summed E-state index contributed by atoms with van der Waals surface area (Å²) >= 11 is 0. The Morgan fingerprint density at radius 3 is 2.42 bits per heavy atom. The number of rotatable bonds is 5. The van der Waals surface area contributed by atoms with Crippen LogP contribution in [0.25, 0.3) is 0 Å². The van der Waals surface area contributed by atoms with Gasteiger partial charge in [-0.05, 0) is 6.42 Å². The molecule has 0 aliphatic heterocycles. The molecule has 0 fully saturated rings. The van der Waals surface area contributed by atoms with Crippen LogP contribution < -0.4 is 0 Å². The summed E-state index contributed by atoms with van der Waals surface area (Å²) in [5.41, 5.74) is 0. The van der Waals surface area contributed by atoms with Crippen molar-refractivity contribution in [1.82, 2.24) is 0 Å². The SMILES string of the molecule is CCC#CC(C)CCCCCC. The topological polar surface area (TPSA) is 0 Å². The Labute approximate surface area is 77.8 Å². The molecule has 0 bridgehead atoms. The van der Waals surface area contributed by atoms with Gasteiger partial charge in [-0.2, -0.15) is 0 Å². The Bertz CT molecular complexity index is 136. The van der Waals surface area contributed by atoms with Crippen LogP contribution >= 0.6 is 0 Å². The molecule has 0 aromatic heterocycles. The molecule has 0 radical (unpaired) electrons. The molecule has 0 heterocycles. The highest BCUT2D eigenvalue weighted by Crippen LogP contribution is 2.09. The van der Waals surface area contributed by atoms with Crippen molar-refractivity contribution in [2.45, 2.75) is 59.3 Å². The maximum atomic E-state index is 3.26. The fraction of sp³-hybridized carbons (Fsp3) is 0.833. The van der Waals surface area contributed by atoms with Crippen LogP contribution in [0.1, 0.15) is 59.3 Å². The second-order valence-corrected chi connectivity index (χ2v) is 3.43. The maximum Gasteiger partial charge on any atom is 0.0174 e. The van der Waals surface area contributed by atoms with Gasteiger partial charge in [-0.1, -0.05) is 46.5 Å². The molecule has 0 amide bonds. The first-order valence-corrected chi connectivity index (χ1v) is 5.29. The molecule has 1 unspecified atom stereocenters. The zero-order valence-electron chi connectivity index (χ0n) is 8.82. The lowest BCUT2D eigenvalue weighted by Crippen LogP contribution is -1.89. The molecule has 0 aromatic rings. The summed E-state index contributed by atoms with van der Waals surface area (Å²) in [7, 11) is 0. The highest BCUT2D eigenvalue weighted by Gasteiger charge is 1.95. The third-order valence-electron chi connectivity index (χ3n) is 2.02. The molecular formula is C12H22. The Morgan fingerprint density at radius 2 is 1.83 bits per heavy atom. The van der Waals surface area contributed by atoms with E-state index in [1.807, 2.05) is 0 Å². The minimum Gasteiger partial charge on any atom is -0.103 e. The zero-order valence-corrected chi connectivity index (χ0v) is 8.82. The molecule has 1 atom stereocenters. The summed E-state index contributed by atoms with van der Waals surface area (Å²) in [6.07, 6.45) is 7.73. The summed E-state index contributed by atoms with van der Waals surface area (Å²) in [5, 5.41) is 0. The molecule has 0 saturated carbocycles. The molecule has 0 heteroatoms. The van der Waals surface area contributed by atoms with Gasteiger partial charge in [0.25, 0.3) is 0 Å².